The molecule has 1 amide bonds. The Morgan fingerprint density at radius 3 is 2.61 bits per heavy atom. The molecule has 0 fully saturated rings. The number of halogens is 1. The number of rotatable bonds is 5. The van der Waals surface area contributed by atoms with E-state index in [-0.39, 0.29) is 28.0 Å². The highest BCUT2D eigenvalue weighted by Gasteiger charge is 2.19. The van der Waals surface area contributed by atoms with Gasteiger partial charge in [-0.05, 0) is 24.3 Å². The molecule has 1 aliphatic rings. The van der Waals surface area contributed by atoms with Crippen LogP contribution in [-0.4, -0.2) is 42.0 Å². The van der Waals surface area contributed by atoms with Crippen molar-refractivity contribution >= 4 is 23.1 Å². The number of amides is 1. The Bertz CT molecular complexity index is 1550. The van der Waals surface area contributed by atoms with E-state index in [1.807, 2.05) is 31.5 Å². The van der Waals surface area contributed by atoms with Crippen LogP contribution in [0.2, 0.25) is 0 Å². The van der Waals surface area contributed by atoms with Crippen LogP contribution in [0.25, 0.3) is 11.3 Å². The third kappa shape index (κ3) is 5.16. The summed E-state index contributed by atoms with van der Waals surface area (Å²) in [4.78, 5) is 34.0. The minimum Gasteiger partial charge on any atom is -0.373 e. The lowest BCUT2D eigenvalue weighted by atomic mass is 9.93. The van der Waals surface area contributed by atoms with Gasteiger partial charge in [0.15, 0.2) is 5.82 Å². The summed E-state index contributed by atoms with van der Waals surface area (Å²) >= 11 is 0. The largest absolute Gasteiger partial charge is 0.373 e. The number of aryl methyl sites for hydroxylation is 1. The number of nitrogens with one attached hydrogen (secondary N) is 2. The Morgan fingerprint density at radius 1 is 1.08 bits per heavy atom. The number of ether oxygens (including phenoxy) is 1. The lowest BCUT2D eigenvalue weighted by molar-refractivity contribution is 0.0801. The van der Waals surface area contributed by atoms with Crippen LogP contribution in [-0.2, 0) is 30.4 Å². The molecule has 0 radical (unpaired) electrons. The van der Waals surface area contributed by atoms with Gasteiger partial charge in [-0.15, -0.1) is 0 Å². The minimum absolute atomic E-state index is 0.0545. The average Bonchev–Trinajstić information content (AvgIpc) is 3.30. The van der Waals surface area contributed by atoms with Crippen molar-refractivity contribution in [2.45, 2.75) is 39.3 Å². The summed E-state index contributed by atoms with van der Waals surface area (Å²) in [5.74, 6) is -0.724. The fourth-order valence-corrected chi connectivity index (χ4v) is 3.93. The maximum atomic E-state index is 14.6. The zero-order chi connectivity index (χ0) is 27.0. The van der Waals surface area contributed by atoms with Crippen LogP contribution in [0.1, 0.15) is 42.6 Å². The first-order chi connectivity index (χ1) is 18.1. The van der Waals surface area contributed by atoms with E-state index < -0.39 is 11.7 Å². The molecule has 0 bridgehead atoms. The maximum absolute atomic E-state index is 14.6. The second-order valence-electron chi connectivity index (χ2n) is 9.98. The second kappa shape index (κ2) is 9.78. The molecule has 0 saturated carbocycles. The normalized spacial score (nSPS) is 13.2. The number of carbonyl (C=O) groups is 1. The van der Waals surface area contributed by atoms with Gasteiger partial charge in [0.25, 0.3) is 11.5 Å². The van der Waals surface area contributed by atoms with E-state index in [0.29, 0.717) is 36.8 Å². The van der Waals surface area contributed by atoms with Crippen molar-refractivity contribution in [3.05, 3.63) is 76.0 Å². The smallest absolute Gasteiger partial charge is 0.290 e. The molecule has 4 heterocycles. The van der Waals surface area contributed by atoms with Crippen LogP contribution in [0.5, 0.6) is 0 Å². The molecule has 2 N–H and O–H groups in total. The monoisotopic (exact) mass is 518 g/mol. The minimum atomic E-state index is -0.629. The molecule has 4 aromatic rings. The van der Waals surface area contributed by atoms with E-state index in [1.165, 1.54) is 42.3 Å². The fourth-order valence-electron chi connectivity index (χ4n) is 3.93. The molecule has 0 spiro atoms. The first-order valence-corrected chi connectivity index (χ1v) is 12.0. The van der Waals surface area contributed by atoms with Crippen molar-refractivity contribution in [2.24, 2.45) is 7.05 Å². The van der Waals surface area contributed by atoms with Crippen LogP contribution in [0, 0.1) is 5.82 Å². The molecule has 0 saturated heterocycles. The lowest BCUT2D eigenvalue weighted by Crippen LogP contribution is -2.23. The van der Waals surface area contributed by atoms with Crippen LogP contribution >= 0.6 is 0 Å². The number of hydrogen-bond donors (Lipinski definition) is 2. The first kappa shape index (κ1) is 25.2. The van der Waals surface area contributed by atoms with Crippen molar-refractivity contribution in [3.8, 4) is 11.3 Å². The molecule has 12 heteroatoms. The highest BCUT2D eigenvalue weighted by atomic mass is 19.1. The standard InChI is InChI=1S/C26H27FN8O3/c1-26(2,3)22-13-28-21(12-29-22)24(36)31-19-9-15(5-6-17(19)27)18-11-20(25(37)34(4)32-18)30-23-10-16-14-38-8-7-35(16)33-23/h5-6,9-13H,7-8,14H2,1-4H3,(H,30,33)(H,31,36). The molecule has 0 atom stereocenters. The van der Waals surface area contributed by atoms with Gasteiger partial charge in [-0.25, -0.2) is 14.1 Å². The number of anilines is 3. The van der Waals surface area contributed by atoms with Gasteiger partial charge in [0.1, 0.15) is 17.2 Å². The fraction of sp³-hybridized carbons (Fsp3) is 0.308. The number of nitrogens with zero attached hydrogens (tertiary/aromatic N) is 6. The SMILES string of the molecule is Cn1nc(-c2ccc(F)c(NC(=O)c3cnc(C(C)(C)C)cn3)c2)cc(Nc2cc3n(n2)CCOC3)c1=O. The molecule has 0 unspecified atom stereocenters. The van der Waals surface area contributed by atoms with E-state index in [2.05, 4.69) is 30.8 Å². The van der Waals surface area contributed by atoms with E-state index in [9.17, 15) is 14.0 Å². The summed E-state index contributed by atoms with van der Waals surface area (Å²) in [6.07, 6.45) is 2.90. The zero-order valence-corrected chi connectivity index (χ0v) is 21.4. The highest BCUT2D eigenvalue weighted by Crippen LogP contribution is 2.26. The highest BCUT2D eigenvalue weighted by molar-refractivity contribution is 6.03. The summed E-state index contributed by atoms with van der Waals surface area (Å²) in [5, 5.41) is 14.4. The Balaban J connectivity index is 1.40. The molecule has 3 aromatic heterocycles. The van der Waals surface area contributed by atoms with Crippen LogP contribution in [0.4, 0.5) is 21.6 Å². The van der Waals surface area contributed by atoms with Crippen molar-refractivity contribution in [2.75, 3.05) is 17.2 Å². The summed E-state index contributed by atoms with van der Waals surface area (Å²) < 4.78 is 23.1. The van der Waals surface area contributed by atoms with Crippen LogP contribution in [0.3, 0.4) is 0 Å². The van der Waals surface area contributed by atoms with Gasteiger partial charge in [0, 0.05) is 30.3 Å². The third-order valence-electron chi connectivity index (χ3n) is 6.05. The molecule has 5 rings (SSSR count). The lowest BCUT2D eigenvalue weighted by Gasteiger charge is -2.16. The van der Waals surface area contributed by atoms with E-state index >= 15 is 0 Å². The van der Waals surface area contributed by atoms with Crippen molar-refractivity contribution in [3.63, 3.8) is 0 Å². The molecule has 38 heavy (non-hydrogen) atoms. The average molecular weight is 519 g/mol. The molecular formula is C26H27FN8O3. The van der Waals surface area contributed by atoms with Crippen molar-refractivity contribution in [1.29, 1.82) is 0 Å². The first-order valence-electron chi connectivity index (χ1n) is 12.0. The Hall–Kier alpha value is -4.45. The van der Waals surface area contributed by atoms with Crippen molar-refractivity contribution in [1.82, 2.24) is 29.5 Å². The Morgan fingerprint density at radius 2 is 1.89 bits per heavy atom. The quantitative estimate of drug-likeness (QED) is 0.411. The predicted octanol–water partition coefficient (Wildman–Crippen LogP) is 3.40. The van der Waals surface area contributed by atoms with Crippen LogP contribution in [0.15, 0.2) is 47.5 Å². The summed E-state index contributed by atoms with van der Waals surface area (Å²) in [6, 6.07) is 7.58. The van der Waals surface area contributed by atoms with Gasteiger partial charge in [-0.1, -0.05) is 20.8 Å². The number of hydrogen-bond acceptors (Lipinski definition) is 8. The molecule has 0 aliphatic carbocycles. The van der Waals surface area contributed by atoms with E-state index in [4.69, 9.17) is 4.74 Å². The van der Waals surface area contributed by atoms with Gasteiger partial charge in [0.2, 0.25) is 0 Å². The number of fused-ring (bicyclic) bond motifs is 1. The summed E-state index contributed by atoms with van der Waals surface area (Å²) in [6.45, 7) is 7.63. The topological polar surface area (TPSA) is 129 Å². The molecule has 1 aliphatic heterocycles. The number of carbonyl (C=O) groups excluding carboxylic acids is 1. The summed E-state index contributed by atoms with van der Waals surface area (Å²) in [5.41, 5.74) is 2.20. The van der Waals surface area contributed by atoms with Crippen LogP contribution < -0.4 is 16.2 Å². The number of benzene rings is 1. The van der Waals surface area contributed by atoms with Gasteiger partial charge >= 0.3 is 0 Å². The van der Waals surface area contributed by atoms with Gasteiger partial charge in [-0.3, -0.25) is 19.3 Å². The van der Waals surface area contributed by atoms with Crippen molar-refractivity contribution < 1.29 is 13.9 Å². The second-order valence-corrected chi connectivity index (χ2v) is 9.98. The van der Waals surface area contributed by atoms with E-state index in [1.54, 1.807) is 6.07 Å². The van der Waals surface area contributed by atoms with Gasteiger partial charge in [-0.2, -0.15) is 10.2 Å². The molecule has 196 valence electrons. The maximum Gasteiger partial charge on any atom is 0.290 e. The number of aromatic nitrogens is 6. The van der Waals surface area contributed by atoms with Gasteiger partial charge in [0.05, 0.1) is 48.7 Å². The molecular weight excluding hydrogens is 491 g/mol. The van der Waals surface area contributed by atoms with E-state index in [0.717, 1.165) is 11.4 Å². The Labute approximate surface area is 217 Å². The van der Waals surface area contributed by atoms with Gasteiger partial charge < -0.3 is 15.4 Å². The zero-order valence-electron chi connectivity index (χ0n) is 21.4. The Kier molecular flexibility index (Phi) is 6.49. The summed E-state index contributed by atoms with van der Waals surface area (Å²) in [7, 11) is 1.52. The predicted molar refractivity (Wildman–Crippen MR) is 139 cm³/mol. The third-order valence-corrected chi connectivity index (χ3v) is 6.05. The molecule has 1 aromatic carbocycles. The molecule has 11 nitrogen and oxygen atoms in total.